The van der Waals surface area contributed by atoms with Crippen molar-refractivity contribution in [2.24, 2.45) is 0 Å². The number of carbonyl (C=O) groups is 2. The number of nitrogens with zero attached hydrogens (tertiary/aromatic N) is 3. The molecule has 7 heteroatoms. The summed E-state index contributed by atoms with van der Waals surface area (Å²) >= 11 is 0. The van der Waals surface area contributed by atoms with Gasteiger partial charge in [-0.15, -0.1) is 0 Å². The number of rotatable bonds is 2. The van der Waals surface area contributed by atoms with Crippen LogP contribution in [-0.2, 0) is 4.74 Å². The Morgan fingerprint density at radius 3 is 2.47 bits per heavy atom. The first-order chi connectivity index (χ1) is 9.11. The van der Waals surface area contributed by atoms with Gasteiger partial charge >= 0.3 is 6.09 Å². The fourth-order valence-corrected chi connectivity index (χ4v) is 1.94. The maximum absolute atomic E-state index is 12.1. The summed E-state index contributed by atoms with van der Waals surface area (Å²) in [6.45, 7) is 5.76. The highest BCUT2D eigenvalue weighted by Crippen LogP contribution is 2.10. The van der Waals surface area contributed by atoms with Crippen LogP contribution in [0.3, 0.4) is 0 Å². The lowest BCUT2D eigenvalue weighted by Gasteiger charge is -2.33. The van der Waals surface area contributed by atoms with Crippen LogP contribution in [0.2, 0.25) is 0 Å². The lowest BCUT2D eigenvalue weighted by atomic mass is 10.3. The molecule has 0 bridgehead atoms. The molecule has 1 fully saturated rings. The molecule has 2 rings (SSSR count). The molecule has 7 nitrogen and oxygen atoms in total. The third-order valence-electron chi connectivity index (χ3n) is 2.94. The lowest BCUT2D eigenvalue weighted by molar-refractivity contribution is 0.0562. The average molecular weight is 267 g/mol. The van der Waals surface area contributed by atoms with Crippen molar-refractivity contribution in [3.63, 3.8) is 0 Å². The largest absolute Gasteiger partial charge is 0.450 e. The first kappa shape index (κ1) is 13.4. The van der Waals surface area contributed by atoms with Crippen molar-refractivity contribution in [3.05, 3.63) is 17.5 Å². The van der Waals surface area contributed by atoms with Crippen LogP contribution in [0, 0.1) is 6.92 Å². The van der Waals surface area contributed by atoms with E-state index >= 15 is 0 Å². The Bertz CT molecular complexity index is 463. The monoisotopic (exact) mass is 267 g/mol. The molecule has 2 amide bonds. The van der Waals surface area contributed by atoms with Crippen LogP contribution >= 0.6 is 0 Å². The highest BCUT2D eigenvalue weighted by molar-refractivity contribution is 5.92. The number of ether oxygens (including phenoxy) is 1. The Labute approximate surface area is 111 Å². The van der Waals surface area contributed by atoms with Gasteiger partial charge in [0.2, 0.25) is 0 Å². The summed E-state index contributed by atoms with van der Waals surface area (Å²) < 4.78 is 9.81. The summed E-state index contributed by atoms with van der Waals surface area (Å²) in [7, 11) is 0. The Balaban J connectivity index is 1.89. The van der Waals surface area contributed by atoms with Crippen molar-refractivity contribution in [1.82, 2.24) is 15.0 Å². The second kappa shape index (κ2) is 5.73. The molecule has 1 saturated heterocycles. The van der Waals surface area contributed by atoms with E-state index in [2.05, 4.69) is 5.16 Å². The van der Waals surface area contributed by atoms with Gasteiger partial charge < -0.3 is 19.1 Å². The third-order valence-corrected chi connectivity index (χ3v) is 2.94. The molecule has 0 radical (unpaired) electrons. The van der Waals surface area contributed by atoms with Gasteiger partial charge in [-0.1, -0.05) is 5.16 Å². The molecule has 0 unspecified atom stereocenters. The number of hydrogen-bond donors (Lipinski definition) is 0. The second-order valence-electron chi connectivity index (χ2n) is 4.30. The van der Waals surface area contributed by atoms with Gasteiger partial charge in [-0.25, -0.2) is 4.79 Å². The van der Waals surface area contributed by atoms with Crippen LogP contribution < -0.4 is 0 Å². The van der Waals surface area contributed by atoms with Crippen molar-refractivity contribution in [1.29, 1.82) is 0 Å². The Morgan fingerprint density at radius 2 is 1.95 bits per heavy atom. The molecular weight excluding hydrogens is 250 g/mol. The Morgan fingerprint density at radius 1 is 1.32 bits per heavy atom. The lowest BCUT2D eigenvalue weighted by Crippen LogP contribution is -2.50. The third kappa shape index (κ3) is 3.04. The molecule has 104 valence electrons. The topological polar surface area (TPSA) is 75.9 Å². The molecule has 19 heavy (non-hydrogen) atoms. The maximum Gasteiger partial charge on any atom is 0.409 e. The molecular formula is C12H17N3O4. The van der Waals surface area contributed by atoms with E-state index in [1.807, 2.05) is 0 Å². The van der Waals surface area contributed by atoms with Gasteiger partial charge in [0.1, 0.15) is 5.76 Å². The molecule has 1 aliphatic heterocycles. The van der Waals surface area contributed by atoms with Crippen LogP contribution in [0.5, 0.6) is 0 Å². The standard InChI is InChI=1S/C12H17N3O4/c1-3-18-12(17)15-6-4-14(5-7-15)11(16)10-8-9(2)19-13-10/h8H,3-7H2,1-2H3. The Hall–Kier alpha value is -2.05. The molecule has 0 saturated carbocycles. The van der Waals surface area contributed by atoms with Crippen molar-refractivity contribution < 1.29 is 18.8 Å². The number of aryl methyl sites for hydroxylation is 1. The predicted molar refractivity (Wildman–Crippen MR) is 65.7 cm³/mol. The van der Waals surface area contributed by atoms with Crippen molar-refractivity contribution in [2.75, 3.05) is 32.8 Å². The first-order valence-corrected chi connectivity index (χ1v) is 6.26. The molecule has 1 aromatic rings. The molecule has 0 atom stereocenters. The molecule has 0 spiro atoms. The van der Waals surface area contributed by atoms with E-state index < -0.39 is 0 Å². The zero-order valence-electron chi connectivity index (χ0n) is 11.1. The van der Waals surface area contributed by atoms with Crippen LogP contribution in [0.1, 0.15) is 23.2 Å². The highest BCUT2D eigenvalue weighted by Gasteiger charge is 2.26. The van der Waals surface area contributed by atoms with Gasteiger partial charge in [-0.2, -0.15) is 0 Å². The van der Waals surface area contributed by atoms with Gasteiger partial charge in [-0.05, 0) is 13.8 Å². The fourth-order valence-electron chi connectivity index (χ4n) is 1.94. The minimum atomic E-state index is -0.327. The van der Waals surface area contributed by atoms with E-state index in [1.54, 1.807) is 29.7 Å². The van der Waals surface area contributed by atoms with Crippen molar-refractivity contribution in [2.45, 2.75) is 13.8 Å². The summed E-state index contributed by atoms with van der Waals surface area (Å²) in [4.78, 5) is 26.9. The van der Waals surface area contributed by atoms with Crippen LogP contribution in [0.15, 0.2) is 10.6 Å². The maximum atomic E-state index is 12.1. The molecule has 0 aliphatic carbocycles. The molecule has 1 aliphatic rings. The van der Waals surface area contributed by atoms with Gasteiger partial charge in [0, 0.05) is 32.2 Å². The molecule has 2 heterocycles. The number of carbonyl (C=O) groups excluding carboxylic acids is 2. The van der Waals surface area contributed by atoms with Gasteiger partial charge in [-0.3, -0.25) is 4.79 Å². The first-order valence-electron chi connectivity index (χ1n) is 6.26. The minimum Gasteiger partial charge on any atom is -0.450 e. The van der Waals surface area contributed by atoms with E-state index in [0.29, 0.717) is 44.2 Å². The fraction of sp³-hybridized carbons (Fsp3) is 0.583. The number of hydrogen-bond acceptors (Lipinski definition) is 5. The summed E-state index contributed by atoms with van der Waals surface area (Å²) in [6, 6.07) is 1.61. The predicted octanol–water partition coefficient (Wildman–Crippen LogP) is 0.897. The van der Waals surface area contributed by atoms with E-state index in [4.69, 9.17) is 9.26 Å². The zero-order valence-corrected chi connectivity index (χ0v) is 11.1. The van der Waals surface area contributed by atoms with Crippen molar-refractivity contribution in [3.8, 4) is 0 Å². The quantitative estimate of drug-likeness (QED) is 0.795. The Kier molecular flexibility index (Phi) is 4.03. The summed E-state index contributed by atoms with van der Waals surface area (Å²) in [6.07, 6.45) is -0.327. The van der Waals surface area contributed by atoms with E-state index in [9.17, 15) is 9.59 Å². The normalized spacial score (nSPS) is 15.5. The minimum absolute atomic E-state index is 0.166. The van der Waals surface area contributed by atoms with Crippen LogP contribution in [0.25, 0.3) is 0 Å². The SMILES string of the molecule is CCOC(=O)N1CCN(C(=O)c2cc(C)on2)CC1. The van der Waals surface area contributed by atoms with Gasteiger partial charge in [0.15, 0.2) is 5.69 Å². The molecule has 0 aromatic carbocycles. The zero-order chi connectivity index (χ0) is 13.8. The number of piperazine rings is 1. The summed E-state index contributed by atoms with van der Waals surface area (Å²) in [5, 5.41) is 3.70. The summed E-state index contributed by atoms with van der Waals surface area (Å²) in [5.74, 6) is 0.439. The van der Waals surface area contributed by atoms with Gasteiger partial charge in [0.25, 0.3) is 5.91 Å². The second-order valence-corrected chi connectivity index (χ2v) is 4.30. The van der Waals surface area contributed by atoms with E-state index in [1.165, 1.54) is 0 Å². The van der Waals surface area contributed by atoms with Gasteiger partial charge in [0.05, 0.1) is 6.61 Å². The average Bonchev–Trinajstić information content (AvgIpc) is 2.85. The summed E-state index contributed by atoms with van der Waals surface area (Å²) in [5.41, 5.74) is 0.307. The smallest absolute Gasteiger partial charge is 0.409 e. The van der Waals surface area contributed by atoms with Crippen molar-refractivity contribution >= 4 is 12.0 Å². The number of aromatic nitrogens is 1. The van der Waals surface area contributed by atoms with E-state index in [-0.39, 0.29) is 12.0 Å². The molecule has 0 N–H and O–H groups in total. The van der Waals surface area contributed by atoms with E-state index in [0.717, 1.165) is 0 Å². The van der Waals surface area contributed by atoms with Crippen LogP contribution in [0.4, 0.5) is 4.79 Å². The van der Waals surface area contributed by atoms with Crippen LogP contribution in [-0.4, -0.2) is 59.7 Å². The molecule has 1 aromatic heterocycles. The highest BCUT2D eigenvalue weighted by atomic mass is 16.6. The number of amides is 2.